The molecule has 3 nitrogen and oxygen atoms in total. The van der Waals surface area contributed by atoms with Gasteiger partial charge >= 0.3 is 0 Å². The van der Waals surface area contributed by atoms with Gasteiger partial charge in [0.2, 0.25) is 0 Å². The highest BCUT2D eigenvalue weighted by Crippen LogP contribution is 2.52. The van der Waals surface area contributed by atoms with Crippen LogP contribution in [0.5, 0.6) is 0 Å². The molecule has 0 radical (unpaired) electrons. The summed E-state index contributed by atoms with van der Waals surface area (Å²) >= 11 is 0. The zero-order valence-electron chi connectivity index (χ0n) is 28.4. The maximum absolute atomic E-state index is 10.4. The van der Waals surface area contributed by atoms with Gasteiger partial charge in [-0.2, -0.15) is 0 Å². The van der Waals surface area contributed by atoms with Crippen LogP contribution in [0.25, 0.3) is 0 Å². The fraction of sp³-hybridized carbons (Fsp3) is 0.500. The molecule has 2 aliphatic carbocycles. The second-order valence-electron chi connectivity index (χ2n) is 14.5. The summed E-state index contributed by atoms with van der Waals surface area (Å²) in [5.41, 5.74) is 8.25. The molecule has 4 atom stereocenters. The fourth-order valence-corrected chi connectivity index (χ4v) is 7.02. The number of hydrogen-bond acceptors (Lipinski definition) is 3. The highest BCUT2D eigenvalue weighted by molar-refractivity contribution is 5.39. The van der Waals surface area contributed by atoms with Crippen molar-refractivity contribution in [3.63, 3.8) is 0 Å². The van der Waals surface area contributed by atoms with E-state index in [1.807, 2.05) is 0 Å². The van der Waals surface area contributed by atoms with Crippen LogP contribution in [-0.2, 0) is 4.74 Å². The van der Waals surface area contributed by atoms with Gasteiger partial charge in [-0.05, 0) is 94.4 Å². The molecule has 0 saturated heterocycles. The largest absolute Gasteiger partial charge is 0.393 e. The van der Waals surface area contributed by atoms with Crippen LogP contribution in [0.3, 0.4) is 0 Å². The third-order valence-electron chi connectivity index (χ3n) is 9.08. The summed E-state index contributed by atoms with van der Waals surface area (Å²) < 4.78 is 6.46. The predicted molar refractivity (Wildman–Crippen MR) is 184 cm³/mol. The number of fused-ring (bicyclic) bond motifs is 1. The Labute approximate surface area is 262 Å². The van der Waals surface area contributed by atoms with Crippen LogP contribution in [-0.4, -0.2) is 34.1 Å². The van der Waals surface area contributed by atoms with E-state index in [1.54, 1.807) is 0 Å². The molecule has 0 aromatic carbocycles. The van der Waals surface area contributed by atoms with Gasteiger partial charge in [-0.25, -0.2) is 0 Å². The third-order valence-corrected chi connectivity index (χ3v) is 9.08. The summed E-state index contributed by atoms with van der Waals surface area (Å²) in [5, 5.41) is 20.5. The lowest BCUT2D eigenvalue weighted by Crippen LogP contribution is -2.45. The van der Waals surface area contributed by atoms with Crippen molar-refractivity contribution in [2.75, 3.05) is 0 Å². The molecular formula is C40H56O3. The molecule has 1 aliphatic heterocycles. The monoisotopic (exact) mass is 584 g/mol. The average Bonchev–Trinajstić information content (AvgIpc) is 3.23. The minimum atomic E-state index is -0.381. The molecule has 0 aromatic heterocycles. The molecule has 0 bridgehead atoms. The maximum atomic E-state index is 10.4. The van der Waals surface area contributed by atoms with Gasteiger partial charge in [-0.1, -0.05) is 123 Å². The molecular weight excluding hydrogens is 528 g/mol. The smallest absolute Gasteiger partial charge is 0.0982 e. The van der Waals surface area contributed by atoms with Crippen molar-refractivity contribution in [3.8, 4) is 0 Å². The first-order valence-electron chi connectivity index (χ1n) is 15.9. The van der Waals surface area contributed by atoms with Crippen molar-refractivity contribution in [3.05, 3.63) is 118 Å². The van der Waals surface area contributed by atoms with Gasteiger partial charge in [-0.3, -0.25) is 0 Å². The lowest BCUT2D eigenvalue weighted by molar-refractivity contribution is -0.0683. The Bertz CT molecular complexity index is 1330. The zero-order valence-corrected chi connectivity index (χ0v) is 28.4. The molecule has 0 amide bonds. The van der Waals surface area contributed by atoms with Crippen LogP contribution in [0.2, 0.25) is 0 Å². The molecule has 1 saturated carbocycles. The van der Waals surface area contributed by atoms with Crippen LogP contribution >= 0.6 is 0 Å². The van der Waals surface area contributed by atoms with E-state index in [0.29, 0.717) is 6.42 Å². The summed E-state index contributed by atoms with van der Waals surface area (Å²) in [7, 11) is 0. The van der Waals surface area contributed by atoms with E-state index >= 15 is 0 Å². The van der Waals surface area contributed by atoms with Crippen molar-refractivity contribution in [1.82, 2.24) is 0 Å². The molecule has 0 spiro atoms. The van der Waals surface area contributed by atoms with Gasteiger partial charge in [0.15, 0.2) is 0 Å². The number of aliphatic hydroxyl groups is 2. The Balaban J connectivity index is 1.52. The van der Waals surface area contributed by atoms with Gasteiger partial charge in [0.05, 0.1) is 23.9 Å². The Morgan fingerprint density at radius 2 is 1.26 bits per heavy atom. The minimum Gasteiger partial charge on any atom is -0.393 e. The molecule has 3 heteroatoms. The van der Waals surface area contributed by atoms with E-state index in [1.165, 1.54) is 39.0 Å². The quantitative estimate of drug-likeness (QED) is 0.209. The first-order chi connectivity index (χ1) is 20.0. The Hall–Kier alpha value is -2.72. The molecule has 0 unspecified atom stereocenters. The van der Waals surface area contributed by atoms with Crippen molar-refractivity contribution in [2.24, 2.45) is 10.8 Å². The van der Waals surface area contributed by atoms with Crippen LogP contribution in [0, 0.1) is 10.8 Å². The number of rotatable bonds is 9. The zero-order chi connectivity index (χ0) is 32.0. The first kappa shape index (κ1) is 34.8. The van der Waals surface area contributed by atoms with Crippen LogP contribution in [0.4, 0.5) is 0 Å². The summed E-state index contributed by atoms with van der Waals surface area (Å²) in [6, 6.07) is 0. The Morgan fingerprint density at radius 1 is 0.721 bits per heavy atom. The lowest BCUT2D eigenvalue weighted by Gasteiger charge is -2.44. The van der Waals surface area contributed by atoms with Crippen molar-refractivity contribution in [2.45, 2.75) is 119 Å². The maximum Gasteiger partial charge on any atom is 0.0982 e. The van der Waals surface area contributed by atoms with Gasteiger partial charge < -0.3 is 14.9 Å². The highest BCUT2D eigenvalue weighted by Gasteiger charge is 2.50. The normalized spacial score (nSPS) is 30.8. The number of allylic oxidation sites excluding steroid dienone is 16. The number of hydrogen-bond donors (Lipinski definition) is 2. The summed E-state index contributed by atoms with van der Waals surface area (Å²) in [6.45, 7) is 21.6. The topological polar surface area (TPSA) is 49.7 Å². The first-order valence-corrected chi connectivity index (χ1v) is 15.9. The third kappa shape index (κ3) is 9.63. The van der Waals surface area contributed by atoms with Crippen molar-refractivity contribution >= 4 is 0 Å². The molecule has 43 heavy (non-hydrogen) atoms. The van der Waals surface area contributed by atoms with Crippen LogP contribution < -0.4 is 0 Å². The SMILES string of the molecule is CC1=C(/C=C/C(C)=C/C=C/C(C)=C/C=C/C=C(C)/C=C/C=C(\C)[C@H]2C=C3C(C)(C)C[C@H](O)C[C@]3(C)O2)C(C)(C)C[C@H](O)C1. The van der Waals surface area contributed by atoms with E-state index in [4.69, 9.17) is 4.74 Å². The minimum absolute atomic E-state index is 0.00171. The van der Waals surface area contributed by atoms with Gasteiger partial charge in [-0.15, -0.1) is 0 Å². The van der Waals surface area contributed by atoms with E-state index < -0.39 is 0 Å². The number of ether oxygens (including phenoxy) is 1. The standard InChI is InChI=1S/C40H56O3/c1-28(17-13-18-30(3)21-22-35-32(5)23-33(41)25-38(35,6)7)15-11-12-16-29(2)19-14-20-31(4)36-24-37-39(8,9)26-34(42)27-40(37,10)43-36/h11-22,24,33-34,36,41-42H,23,25-27H2,1-10H3/b12-11+,17-13+,19-14+,22-21+,28-15+,29-16+,30-18+,31-20+/t33-,34+,36-,40+/m1/s1. The summed E-state index contributed by atoms with van der Waals surface area (Å²) in [5.74, 6) is 0. The predicted octanol–water partition coefficient (Wildman–Crippen LogP) is 9.76. The van der Waals surface area contributed by atoms with E-state index in [9.17, 15) is 10.2 Å². The highest BCUT2D eigenvalue weighted by atomic mass is 16.5. The van der Waals surface area contributed by atoms with E-state index in [2.05, 4.69) is 148 Å². The molecule has 234 valence electrons. The Morgan fingerprint density at radius 3 is 1.86 bits per heavy atom. The average molecular weight is 585 g/mol. The van der Waals surface area contributed by atoms with Crippen molar-refractivity contribution in [1.29, 1.82) is 0 Å². The second-order valence-corrected chi connectivity index (χ2v) is 14.5. The molecule has 3 aliphatic rings. The second kappa shape index (κ2) is 14.4. The molecule has 2 N–H and O–H groups in total. The van der Waals surface area contributed by atoms with Gasteiger partial charge in [0.25, 0.3) is 0 Å². The molecule has 0 aromatic rings. The summed E-state index contributed by atoms with van der Waals surface area (Å²) in [6.07, 6.45) is 30.2. The van der Waals surface area contributed by atoms with Crippen LogP contribution in [0.1, 0.15) is 94.9 Å². The molecule has 1 fully saturated rings. The van der Waals surface area contributed by atoms with Gasteiger partial charge in [0.1, 0.15) is 0 Å². The summed E-state index contributed by atoms with van der Waals surface area (Å²) in [4.78, 5) is 0. The van der Waals surface area contributed by atoms with E-state index in [0.717, 1.165) is 19.3 Å². The fourth-order valence-electron chi connectivity index (χ4n) is 7.02. The van der Waals surface area contributed by atoms with Crippen molar-refractivity contribution < 1.29 is 14.9 Å². The molecule has 3 rings (SSSR count). The Kier molecular flexibility index (Phi) is 11.6. The van der Waals surface area contributed by atoms with Gasteiger partial charge in [0, 0.05) is 6.42 Å². The lowest BCUT2D eigenvalue weighted by atomic mass is 9.65. The van der Waals surface area contributed by atoms with Crippen LogP contribution in [0.15, 0.2) is 118 Å². The van der Waals surface area contributed by atoms with E-state index in [-0.39, 0.29) is 34.7 Å². The molecule has 1 heterocycles. The number of aliphatic hydroxyl groups excluding tert-OH is 2.